The van der Waals surface area contributed by atoms with Crippen molar-refractivity contribution in [3.05, 3.63) is 53.9 Å². The van der Waals surface area contributed by atoms with Crippen LogP contribution in [-0.2, 0) is 13.0 Å². The fourth-order valence-corrected chi connectivity index (χ4v) is 1.92. The van der Waals surface area contributed by atoms with Crippen LogP contribution in [0.2, 0.25) is 0 Å². The van der Waals surface area contributed by atoms with Crippen LogP contribution in [0.15, 0.2) is 42.6 Å². The van der Waals surface area contributed by atoms with Gasteiger partial charge in [-0.15, -0.1) is 0 Å². The molecule has 0 aliphatic heterocycles. The van der Waals surface area contributed by atoms with Gasteiger partial charge in [-0.1, -0.05) is 13.0 Å². The molecule has 0 unspecified atom stereocenters. The van der Waals surface area contributed by atoms with Gasteiger partial charge in [-0.25, -0.2) is 0 Å². The third kappa shape index (κ3) is 4.76. The summed E-state index contributed by atoms with van der Waals surface area (Å²) in [6, 6.07) is 11.3. The molecule has 0 atom stereocenters. The van der Waals surface area contributed by atoms with Crippen LogP contribution in [0, 0.1) is 0 Å². The third-order valence-corrected chi connectivity index (χ3v) is 3.02. The highest BCUT2D eigenvalue weighted by atomic mass is 16.5. The summed E-state index contributed by atoms with van der Waals surface area (Å²) in [5, 5.41) is 9.37. The maximum Gasteiger partial charge on any atom is 0.128 e. The molecule has 0 amide bonds. The van der Waals surface area contributed by atoms with Gasteiger partial charge in [-0.2, -0.15) is 0 Å². The van der Waals surface area contributed by atoms with E-state index in [0.29, 0.717) is 19.0 Å². The minimum absolute atomic E-state index is 0.0486. The Balaban J connectivity index is 1.96. The fraction of sp³-hybridized carbons (Fsp3) is 0.353. The molecule has 1 aromatic carbocycles. The first-order valence-electron chi connectivity index (χ1n) is 7.22. The lowest BCUT2D eigenvalue weighted by Gasteiger charge is -2.12. The summed E-state index contributed by atoms with van der Waals surface area (Å²) in [6.07, 6.45) is 3.46. The van der Waals surface area contributed by atoms with Gasteiger partial charge in [0.15, 0.2) is 0 Å². The summed E-state index contributed by atoms with van der Waals surface area (Å²) in [6.45, 7) is 3.20. The third-order valence-electron chi connectivity index (χ3n) is 3.02. The first-order valence-corrected chi connectivity index (χ1v) is 7.22. The summed E-state index contributed by atoms with van der Waals surface area (Å²) >= 11 is 0. The van der Waals surface area contributed by atoms with E-state index in [1.54, 1.807) is 6.20 Å². The van der Waals surface area contributed by atoms with Gasteiger partial charge >= 0.3 is 0 Å². The number of aliphatic hydroxyl groups is 1. The predicted octanol–water partition coefficient (Wildman–Crippen LogP) is 2.98. The zero-order valence-corrected chi connectivity index (χ0v) is 12.3. The van der Waals surface area contributed by atoms with E-state index in [1.807, 2.05) is 36.4 Å². The van der Waals surface area contributed by atoms with Crippen molar-refractivity contribution in [1.29, 1.82) is 0 Å². The minimum Gasteiger partial charge on any atom is -0.493 e. The average Bonchev–Trinajstić information content (AvgIpc) is 2.54. The van der Waals surface area contributed by atoms with Crippen molar-refractivity contribution in [2.24, 2.45) is 0 Å². The number of hydrogen-bond acceptors (Lipinski definition) is 4. The molecular weight excluding hydrogens is 266 g/mol. The van der Waals surface area contributed by atoms with Gasteiger partial charge in [-0.05, 0) is 30.7 Å². The fourth-order valence-electron chi connectivity index (χ4n) is 1.92. The summed E-state index contributed by atoms with van der Waals surface area (Å²) in [4.78, 5) is 4.26. The van der Waals surface area contributed by atoms with Gasteiger partial charge < -0.3 is 14.6 Å². The van der Waals surface area contributed by atoms with Crippen molar-refractivity contribution < 1.29 is 14.6 Å². The van der Waals surface area contributed by atoms with Crippen LogP contribution in [0.25, 0.3) is 0 Å². The first-order chi connectivity index (χ1) is 10.3. The van der Waals surface area contributed by atoms with Crippen molar-refractivity contribution in [2.75, 3.05) is 13.2 Å². The predicted molar refractivity (Wildman–Crippen MR) is 81.6 cm³/mol. The number of ether oxygens (including phenoxy) is 2. The van der Waals surface area contributed by atoms with Crippen molar-refractivity contribution in [2.45, 2.75) is 26.4 Å². The quantitative estimate of drug-likeness (QED) is 0.811. The molecular formula is C17H21NO3. The molecule has 4 nitrogen and oxygen atoms in total. The van der Waals surface area contributed by atoms with Gasteiger partial charge in [0.1, 0.15) is 11.5 Å². The molecule has 2 aromatic rings. The standard InChI is InChI=1S/C17H21NO3/c1-2-10-20-16-7-6-14(13-19)17(12-16)21-11-8-15-5-3-4-9-18-15/h3-7,9,12,19H,2,8,10-11,13H2,1H3. The van der Waals surface area contributed by atoms with E-state index in [4.69, 9.17) is 9.47 Å². The second-order valence-electron chi connectivity index (χ2n) is 4.70. The number of rotatable bonds is 8. The maximum atomic E-state index is 9.37. The highest BCUT2D eigenvalue weighted by Gasteiger charge is 2.06. The minimum atomic E-state index is -0.0486. The molecule has 0 spiro atoms. The molecule has 0 aliphatic rings. The molecule has 1 N–H and O–H groups in total. The molecule has 1 heterocycles. The smallest absolute Gasteiger partial charge is 0.128 e. The van der Waals surface area contributed by atoms with Crippen molar-refractivity contribution in [1.82, 2.24) is 4.98 Å². The summed E-state index contributed by atoms with van der Waals surface area (Å²) in [7, 11) is 0. The largest absolute Gasteiger partial charge is 0.493 e. The second-order valence-corrected chi connectivity index (χ2v) is 4.70. The Morgan fingerprint density at radius 1 is 1.10 bits per heavy atom. The SMILES string of the molecule is CCCOc1ccc(CO)c(OCCc2ccccn2)c1. The van der Waals surface area contributed by atoms with E-state index in [2.05, 4.69) is 11.9 Å². The van der Waals surface area contributed by atoms with Gasteiger partial charge in [0.2, 0.25) is 0 Å². The zero-order valence-electron chi connectivity index (χ0n) is 12.3. The number of aliphatic hydroxyl groups excluding tert-OH is 1. The molecule has 2 rings (SSSR count). The molecule has 0 radical (unpaired) electrons. The number of hydrogen-bond donors (Lipinski definition) is 1. The van der Waals surface area contributed by atoms with Crippen molar-refractivity contribution in [3.8, 4) is 11.5 Å². The highest BCUT2D eigenvalue weighted by molar-refractivity contribution is 5.40. The number of pyridine rings is 1. The Morgan fingerprint density at radius 3 is 2.71 bits per heavy atom. The molecule has 21 heavy (non-hydrogen) atoms. The molecule has 4 heteroatoms. The lowest BCUT2D eigenvalue weighted by atomic mass is 10.2. The summed E-state index contributed by atoms with van der Waals surface area (Å²) in [5.74, 6) is 1.43. The van der Waals surface area contributed by atoms with Crippen LogP contribution in [0.1, 0.15) is 24.6 Å². The average molecular weight is 287 g/mol. The monoisotopic (exact) mass is 287 g/mol. The molecule has 0 bridgehead atoms. The van der Waals surface area contributed by atoms with Crippen LogP contribution in [-0.4, -0.2) is 23.3 Å². The van der Waals surface area contributed by atoms with Crippen molar-refractivity contribution >= 4 is 0 Å². The van der Waals surface area contributed by atoms with Gasteiger partial charge in [0, 0.05) is 29.9 Å². The number of benzene rings is 1. The first kappa shape index (κ1) is 15.3. The zero-order chi connectivity index (χ0) is 14.9. The Morgan fingerprint density at radius 2 is 2.00 bits per heavy atom. The lowest BCUT2D eigenvalue weighted by Crippen LogP contribution is -2.05. The Kier molecular flexibility index (Phi) is 6.03. The van der Waals surface area contributed by atoms with Crippen LogP contribution in [0.3, 0.4) is 0 Å². The van der Waals surface area contributed by atoms with Crippen LogP contribution < -0.4 is 9.47 Å². The van der Waals surface area contributed by atoms with Gasteiger partial charge in [0.25, 0.3) is 0 Å². The summed E-state index contributed by atoms with van der Waals surface area (Å²) in [5.41, 5.74) is 1.75. The molecule has 0 fully saturated rings. The van der Waals surface area contributed by atoms with E-state index >= 15 is 0 Å². The molecule has 0 aliphatic carbocycles. The van der Waals surface area contributed by atoms with Crippen molar-refractivity contribution in [3.63, 3.8) is 0 Å². The highest BCUT2D eigenvalue weighted by Crippen LogP contribution is 2.25. The van der Waals surface area contributed by atoms with E-state index < -0.39 is 0 Å². The van der Waals surface area contributed by atoms with Gasteiger partial charge in [-0.3, -0.25) is 4.98 Å². The summed E-state index contributed by atoms with van der Waals surface area (Å²) < 4.78 is 11.4. The topological polar surface area (TPSA) is 51.6 Å². The Hall–Kier alpha value is -2.07. The Labute approximate surface area is 125 Å². The maximum absolute atomic E-state index is 9.37. The number of aromatic nitrogens is 1. The lowest BCUT2D eigenvalue weighted by molar-refractivity contribution is 0.261. The van der Waals surface area contributed by atoms with Crippen LogP contribution >= 0.6 is 0 Å². The Bertz CT molecular complexity index is 543. The molecule has 0 saturated carbocycles. The van der Waals surface area contributed by atoms with E-state index in [0.717, 1.165) is 29.8 Å². The normalized spacial score (nSPS) is 10.4. The van der Waals surface area contributed by atoms with E-state index in [1.165, 1.54) is 0 Å². The molecule has 112 valence electrons. The van der Waals surface area contributed by atoms with E-state index in [9.17, 15) is 5.11 Å². The second kappa shape index (κ2) is 8.27. The van der Waals surface area contributed by atoms with E-state index in [-0.39, 0.29) is 6.61 Å². The number of nitrogens with zero attached hydrogens (tertiary/aromatic N) is 1. The van der Waals surface area contributed by atoms with Crippen LogP contribution in [0.5, 0.6) is 11.5 Å². The molecule has 1 aromatic heterocycles. The van der Waals surface area contributed by atoms with Crippen LogP contribution in [0.4, 0.5) is 0 Å². The van der Waals surface area contributed by atoms with Gasteiger partial charge in [0.05, 0.1) is 19.8 Å². The molecule has 0 saturated heterocycles.